The highest BCUT2D eigenvalue weighted by atomic mass is 35.5. The number of benzene rings is 1. The number of furan rings is 1. The van der Waals surface area contributed by atoms with Crippen LogP contribution in [0.25, 0.3) is 11.3 Å². The maximum atomic E-state index is 14.3. The van der Waals surface area contributed by atoms with Gasteiger partial charge in [0.1, 0.15) is 29.0 Å². The van der Waals surface area contributed by atoms with Gasteiger partial charge in [0, 0.05) is 29.1 Å². The van der Waals surface area contributed by atoms with Crippen molar-refractivity contribution in [2.75, 3.05) is 6.54 Å². The number of carbonyl (C=O) groups excluding carboxylic acids is 5. The number of alkyl carbamates (subject to hydrolysis) is 1. The van der Waals surface area contributed by atoms with E-state index in [1.165, 1.54) is 11.0 Å². The number of ether oxygens (including phenoxy) is 1. The summed E-state index contributed by atoms with van der Waals surface area (Å²) in [4.78, 5) is 69.8. The molecule has 53 heavy (non-hydrogen) atoms. The maximum Gasteiger partial charge on any atom is 0.408 e. The number of halogens is 1. The SMILES string of the molecule is CC(C)(C)OC(=O)N[C@H]1CCCCC/C=C\[C@H]2C[C@@]2(C(=O)NS(=O)(=O)C2CC2)NC(=O)[C@@H]2C[C@@H](NC(=O)c3ccc(-c4ccc(Cl)cc4)o3)CN2C1=O. The number of nitrogens with zero attached hydrogens (tertiary/aromatic N) is 1. The molecular formula is C37H46ClN5O9S. The summed E-state index contributed by atoms with van der Waals surface area (Å²) < 4.78 is 39.0. The molecule has 0 radical (unpaired) electrons. The van der Waals surface area contributed by atoms with Crippen molar-refractivity contribution in [3.05, 3.63) is 59.3 Å². The van der Waals surface area contributed by atoms with Gasteiger partial charge in [0.15, 0.2) is 5.76 Å². The third-order valence-electron chi connectivity index (χ3n) is 9.87. The van der Waals surface area contributed by atoms with Gasteiger partial charge in [-0.2, -0.15) is 0 Å². The first-order valence-electron chi connectivity index (χ1n) is 18.1. The average Bonchev–Trinajstić information content (AvgIpc) is 3.96. The first-order chi connectivity index (χ1) is 25.0. The Bertz CT molecular complexity index is 1890. The zero-order valence-corrected chi connectivity index (χ0v) is 31.6. The average molecular weight is 772 g/mol. The fraction of sp³-hybridized carbons (Fsp3) is 0.541. The molecule has 0 bridgehead atoms. The lowest BCUT2D eigenvalue weighted by Gasteiger charge is -2.30. The van der Waals surface area contributed by atoms with Crippen LogP contribution in [0.1, 0.15) is 89.1 Å². The summed E-state index contributed by atoms with van der Waals surface area (Å²) in [7, 11) is -3.91. The van der Waals surface area contributed by atoms with E-state index in [9.17, 15) is 32.4 Å². The van der Waals surface area contributed by atoms with Crippen LogP contribution in [0, 0.1) is 5.92 Å². The molecule has 286 valence electrons. The highest BCUT2D eigenvalue weighted by Crippen LogP contribution is 2.46. The van der Waals surface area contributed by atoms with Gasteiger partial charge in [-0.1, -0.05) is 36.6 Å². The molecule has 4 aliphatic rings. The van der Waals surface area contributed by atoms with Gasteiger partial charge >= 0.3 is 6.09 Å². The number of nitrogens with one attached hydrogen (secondary N) is 4. The minimum absolute atomic E-state index is 0.0137. The second-order valence-corrected chi connectivity index (χ2v) is 17.7. The molecule has 1 saturated heterocycles. The summed E-state index contributed by atoms with van der Waals surface area (Å²) >= 11 is 6.00. The first kappa shape index (κ1) is 38.4. The molecular weight excluding hydrogens is 726 g/mol. The summed E-state index contributed by atoms with van der Waals surface area (Å²) in [6.45, 7) is 5.03. The zero-order valence-electron chi connectivity index (χ0n) is 30.0. The largest absolute Gasteiger partial charge is 0.451 e. The molecule has 3 fully saturated rings. The second-order valence-electron chi connectivity index (χ2n) is 15.3. The van der Waals surface area contributed by atoms with Gasteiger partial charge in [0.25, 0.3) is 11.8 Å². The number of carbonyl (C=O) groups is 5. The van der Waals surface area contributed by atoms with Crippen LogP contribution >= 0.6 is 11.6 Å². The maximum absolute atomic E-state index is 14.3. The smallest absolute Gasteiger partial charge is 0.408 e. The predicted molar refractivity (Wildman–Crippen MR) is 195 cm³/mol. The van der Waals surface area contributed by atoms with E-state index in [0.29, 0.717) is 42.0 Å². The summed E-state index contributed by atoms with van der Waals surface area (Å²) in [5.41, 5.74) is -1.65. The van der Waals surface area contributed by atoms with E-state index in [1.807, 2.05) is 12.2 Å². The second kappa shape index (κ2) is 15.2. The molecule has 1 aromatic carbocycles. The van der Waals surface area contributed by atoms with Crippen molar-refractivity contribution < 1.29 is 41.5 Å². The molecule has 2 aliphatic heterocycles. The molecule has 1 aromatic heterocycles. The third kappa shape index (κ3) is 9.23. The lowest BCUT2D eigenvalue weighted by Crippen LogP contribution is -2.58. The number of hydrogen-bond donors (Lipinski definition) is 4. The first-order valence-corrected chi connectivity index (χ1v) is 20.0. The number of rotatable bonds is 7. The molecule has 5 amide bonds. The molecule has 0 spiro atoms. The Morgan fingerprint density at radius 2 is 1.74 bits per heavy atom. The van der Waals surface area contributed by atoms with Crippen LogP contribution in [0.4, 0.5) is 4.79 Å². The molecule has 16 heteroatoms. The predicted octanol–water partition coefficient (Wildman–Crippen LogP) is 4.20. The van der Waals surface area contributed by atoms with Gasteiger partial charge in [-0.05, 0) is 102 Å². The van der Waals surface area contributed by atoms with Crippen LogP contribution in [-0.2, 0) is 29.1 Å². The number of hydrogen-bond acceptors (Lipinski definition) is 9. The highest BCUT2D eigenvalue weighted by Gasteiger charge is 2.62. The Hall–Kier alpha value is -4.37. The van der Waals surface area contributed by atoms with E-state index in [4.69, 9.17) is 20.8 Å². The van der Waals surface area contributed by atoms with Crippen LogP contribution in [0.3, 0.4) is 0 Å². The van der Waals surface area contributed by atoms with Gasteiger partial charge in [0.05, 0.1) is 5.25 Å². The standard InChI is InChI=1S/C37H46ClN5O9S/c1-36(2,3)52-35(48)40-27-10-8-6-4-5-7-9-23-20-37(23,34(47)42-53(49,50)26-15-16-26)41-31(44)28-19-25(21-43(28)33(27)46)39-32(45)30-18-17-29(51-30)22-11-13-24(38)14-12-22/h7,9,11-14,17-18,23,25-28H,4-6,8,10,15-16,19-21H2,1-3H3,(H,39,45)(H,40,48)(H,41,44)(H,42,47)/b9-7-/t23-,25+,27-,28-,37+/m0/s1. The van der Waals surface area contributed by atoms with Crippen molar-refractivity contribution in [1.29, 1.82) is 0 Å². The zero-order chi connectivity index (χ0) is 38.1. The summed E-state index contributed by atoms with van der Waals surface area (Å²) in [6, 6.07) is 7.14. The van der Waals surface area contributed by atoms with E-state index in [-0.39, 0.29) is 31.6 Å². The normalized spacial score (nSPS) is 27.2. The summed E-state index contributed by atoms with van der Waals surface area (Å²) in [6.07, 6.45) is 7.08. The number of allylic oxidation sites excluding steroid dienone is 1. The fourth-order valence-electron chi connectivity index (χ4n) is 6.84. The molecule has 4 N–H and O–H groups in total. The van der Waals surface area contributed by atoms with Crippen molar-refractivity contribution in [3.8, 4) is 11.3 Å². The van der Waals surface area contributed by atoms with E-state index < -0.39 is 80.2 Å². The number of amides is 5. The summed E-state index contributed by atoms with van der Waals surface area (Å²) in [5.74, 6) is -2.62. The van der Waals surface area contributed by atoms with Crippen molar-refractivity contribution >= 4 is 51.3 Å². The number of sulfonamides is 1. The minimum Gasteiger partial charge on any atom is -0.451 e. The Kier molecular flexibility index (Phi) is 11.0. The van der Waals surface area contributed by atoms with Gasteiger partial charge < -0.3 is 30.0 Å². The van der Waals surface area contributed by atoms with E-state index in [2.05, 4.69) is 20.7 Å². The Labute approximate surface area is 313 Å². The number of fused-ring (bicyclic) bond motifs is 2. The molecule has 14 nitrogen and oxygen atoms in total. The molecule has 5 atom stereocenters. The van der Waals surface area contributed by atoms with Gasteiger partial charge in [-0.3, -0.25) is 23.9 Å². The van der Waals surface area contributed by atoms with Crippen LogP contribution in [0.2, 0.25) is 5.02 Å². The van der Waals surface area contributed by atoms with Gasteiger partial charge in [-0.15, -0.1) is 0 Å². The quantitative estimate of drug-likeness (QED) is 0.299. The van der Waals surface area contributed by atoms with E-state index in [0.717, 1.165) is 12.8 Å². The van der Waals surface area contributed by atoms with Crippen LogP contribution in [0.5, 0.6) is 0 Å². The Morgan fingerprint density at radius 1 is 1.00 bits per heavy atom. The van der Waals surface area contributed by atoms with Crippen LogP contribution in [-0.4, -0.2) is 84.1 Å². The lowest BCUT2D eigenvalue weighted by atomic mass is 10.0. The third-order valence-corrected chi connectivity index (χ3v) is 11.9. The summed E-state index contributed by atoms with van der Waals surface area (Å²) in [5, 5.41) is 8.28. The molecule has 2 aromatic rings. The highest BCUT2D eigenvalue weighted by molar-refractivity contribution is 7.91. The van der Waals surface area contributed by atoms with E-state index in [1.54, 1.807) is 51.1 Å². The van der Waals surface area contributed by atoms with Gasteiger partial charge in [-0.25, -0.2) is 13.2 Å². The monoisotopic (exact) mass is 771 g/mol. The van der Waals surface area contributed by atoms with Crippen molar-refractivity contribution in [1.82, 2.24) is 25.6 Å². The van der Waals surface area contributed by atoms with Crippen LogP contribution < -0.4 is 20.7 Å². The Balaban J connectivity index is 1.26. The fourth-order valence-corrected chi connectivity index (χ4v) is 8.33. The van der Waals surface area contributed by atoms with Gasteiger partial charge in [0.2, 0.25) is 21.8 Å². The topological polar surface area (TPSA) is 193 Å². The molecule has 0 unspecified atom stereocenters. The van der Waals surface area contributed by atoms with Crippen LogP contribution in [0.15, 0.2) is 53.0 Å². The van der Waals surface area contributed by atoms with Crippen molar-refractivity contribution in [2.24, 2.45) is 5.92 Å². The lowest BCUT2D eigenvalue weighted by molar-refractivity contribution is -0.141. The minimum atomic E-state index is -3.91. The molecule has 2 saturated carbocycles. The molecule has 3 heterocycles. The van der Waals surface area contributed by atoms with Crippen molar-refractivity contribution in [3.63, 3.8) is 0 Å². The molecule has 6 rings (SSSR count). The van der Waals surface area contributed by atoms with Crippen molar-refractivity contribution in [2.45, 2.75) is 113 Å². The molecule has 2 aliphatic carbocycles. The van der Waals surface area contributed by atoms with E-state index >= 15 is 0 Å². The Morgan fingerprint density at radius 3 is 2.43 bits per heavy atom.